The van der Waals surface area contributed by atoms with Crippen LogP contribution in [-0.4, -0.2) is 0 Å². The van der Waals surface area contributed by atoms with Crippen LogP contribution in [0.2, 0.25) is 0 Å². The highest BCUT2D eigenvalue weighted by Gasteiger charge is 2.30. The smallest absolute Gasteiger partial charge is 0.0832 e. The van der Waals surface area contributed by atoms with Gasteiger partial charge < -0.3 is 0 Å². The Hall–Kier alpha value is -1.80. The van der Waals surface area contributed by atoms with Gasteiger partial charge in [-0.1, -0.05) is 43.7 Å². The van der Waals surface area contributed by atoms with Crippen molar-refractivity contribution in [2.75, 3.05) is 0 Å². The molecule has 2 nitrogen and oxygen atoms in total. The number of hydrogen-bond acceptors (Lipinski definition) is 2. The molecular weight excluding hydrogens is 196 g/mol. The summed E-state index contributed by atoms with van der Waals surface area (Å²) in [5.41, 5.74) is 0.556. The second kappa shape index (κ2) is 5.93. The Morgan fingerprint density at radius 1 is 1.12 bits per heavy atom. The van der Waals surface area contributed by atoms with E-state index in [2.05, 4.69) is 19.1 Å². The number of benzene rings is 1. The van der Waals surface area contributed by atoms with Gasteiger partial charge in [0.05, 0.1) is 17.6 Å². The minimum Gasteiger partial charge on any atom is -0.198 e. The zero-order chi connectivity index (χ0) is 11.9. The molecule has 1 rings (SSSR count). The summed E-state index contributed by atoms with van der Waals surface area (Å²) < 4.78 is 0. The molecule has 1 atom stereocenters. The summed E-state index contributed by atoms with van der Waals surface area (Å²) in [6.07, 6.45) is 2.82. The summed E-state index contributed by atoms with van der Waals surface area (Å²) in [7, 11) is 0. The van der Waals surface area contributed by atoms with E-state index in [1.807, 2.05) is 30.3 Å². The van der Waals surface area contributed by atoms with Gasteiger partial charge in [0.15, 0.2) is 0 Å². The Balaban J connectivity index is 3.04. The minimum atomic E-state index is -0.480. The van der Waals surface area contributed by atoms with Gasteiger partial charge in [0.2, 0.25) is 0 Å². The normalized spacial score (nSPS) is 13.4. The van der Waals surface area contributed by atoms with Crippen LogP contribution in [0.3, 0.4) is 0 Å². The summed E-state index contributed by atoms with van der Waals surface area (Å²) in [5, 5.41) is 18.1. The molecule has 0 aliphatic heterocycles. The zero-order valence-corrected chi connectivity index (χ0v) is 9.61. The molecule has 0 spiro atoms. The highest BCUT2D eigenvalue weighted by molar-refractivity contribution is 5.32. The van der Waals surface area contributed by atoms with Gasteiger partial charge in [-0.3, -0.25) is 0 Å². The first-order valence-electron chi connectivity index (χ1n) is 5.63. The van der Waals surface area contributed by atoms with Gasteiger partial charge in [-0.05, 0) is 18.4 Å². The fourth-order valence-corrected chi connectivity index (χ4v) is 2.04. The van der Waals surface area contributed by atoms with Crippen LogP contribution in [0.4, 0.5) is 0 Å². The first kappa shape index (κ1) is 12.3. The molecule has 0 aliphatic carbocycles. The van der Waals surface area contributed by atoms with Gasteiger partial charge in [0.1, 0.15) is 0 Å². The molecule has 1 aromatic carbocycles. The molecule has 0 bridgehead atoms. The number of hydrogen-bond donors (Lipinski definition) is 0. The first-order chi connectivity index (χ1) is 7.79. The van der Waals surface area contributed by atoms with Gasteiger partial charge in [-0.2, -0.15) is 10.5 Å². The Morgan fingerprint density at radius 3 is 2.31 bits per heavy atom. The number of rotatable bonds is 5. The number of nitriles is 2. The summed E-state index contributed by atoms with van der Waals surface area (Å²) in [6.45, 7) is 2.07. The van der Waals surface area contributed by atoms with Crippen molar-refractivity contribution in [3.8, 4) is 12.1 Å². The van der Waals surface area contributed by atoms with Crippen LogP contribution in [0.15, 0.2) is 30.3 Å². The fourth-order valence-electron chi connectivity index (χ4n) is 2.04. The third-order valence-electron chi connectivity index (χ3n) is 2.88. The molecule has 1 aromatic rings. The van der Waals surface area contributed by atoms with E-state index >= 15 is 0 Å². The van der Waals surface area contributed by atoms with Crippen LogP contribution in [0.25, 0.3) is 0 Å². The van der Waals surface area contributed by atoms with E-state index in [0.717, 1.165) is 18.4 Å². The van der Waals surface area contributed by atoms with E-state index in [0.29, 0.717) is 12.8 Å². The fraction of sp³-hybridized carbons (Fsp3) is 0.429. The molecular formula is C14H16N2. The molecule has 0 saturated heterocycles. The Morgan fingerprint density at radius 2 is 1.81 bits per heavy atom. The van der Waals surface area contributed by atoms with E-state index in [1.54, 1.807) is 0 Å². The van der Waals surface area contributed by atoms with Crippen molar-refractivity contribution in [3.05, 3.63) is 35.9 Å². The molecule has 0 heterocycles. The second-order valence-electron chi connectivity index (χ2n) is 3.97. The van der Waals surface area contributed by atoms with Gasteiger partial charge in [-0.15, -0.1) is 0 Å². The molecule has 0 aromatic heterocycles. The molecule has 16 heavy (non-hydrogen) atoms. The topological polar surface area (TPSA) is 47.6 Å². The van der Waals surface area contributed by atoms with Crippen LogP contribution in [0.1, 0.15) is 38.2 Å². The summed E-state index contributed by atoms with van der Waals surface area (Å²) in [6, 6.07) is 14.4. The Bertz CT molecular complexity index is 397. The van der Waals surface area contributed by atoms with Gasteiger partial charge in [0.25, 0.3) is 0 Å². The molecule has 82 valence electrons. The summed E-state index contributed by atoms with van der Waals surface area (Å²) in [5.74, 6) is 0. The maximum Gasteiger partial charge on any atom is 0.0832 e. The first-order valence-corrected chi connectivity index (χ1v) is 5.63. The maximum absolute atomic E-state index is 9.43. The summed E-state index contributed by atoms with van der Waals surface area (Å²) in [4.78, 5) is 0. The summed E-state index contributed by atoms with van der Waals surface area (Å²) >= 11 is 0. The van der Waals surface area contributed by atoms with Gasteiger partial charge in [-0.25, -0.2) is 0 Å². The average Bonchev–Trinajstić information content (AvgIpc) is 2.36. The molecule has 0 aliphatic rings. The van der Waals surface area contributed by atoms with Gasteiger partial charge in [0, 0.05) is 6.42 Å². The minimum absolute atomic E-state index is 0.433. The van der Waals surface area contributed by atoms with Gasteiger partial charge >= 0.3 is 0 Å². The van der Waals surface area contributed by atoms with Crippen molar-refractivity contribution >= 4 is 0 Å². The lowest BCUT2D eigenvalue weighted by molar-refractivity contribution is 0.464. The number of nitrogens with zero attached hydrogens (tertiary/aromatic N) is 2. The van der Waals surface area contributed by atoms with Crippen molar-refractivity contribution in [1.29, 1.82) is 10.5 Å². The molecule has 0 saturated carbocycles. The highest BCUT2D eigenvalue weighted by Crippen LogP contribution is 2.33. The van der Waals surface area contributed by atoms with E-state index in [1.165, 1.54) is 0 Å². The van der Waals surface area contributed by atoms with Crippen LogP contribution in [0, 0.1) is 22.7 Å². The monoisotopic (exact) mass is 212 g/mol. The lowest BCUT2D eigenvalue weighted by Gasteiger charge is -2.25. The van der Waals surface area contributed by atoms with Crippen molar-refractivity contribution in [2.24, 2.45) is 0 Å². The predicted molar refractivity (Wildman–Crippen MR) is 63.5 cm³/mol. The lowest BCUT2D eigenvalue weighted by Crippen LogP contribution is -2.23. The predicted octanol–water partition coefficient (Wildman–Crippen LogP) is 3.55. The average molecular weight is 212 g/mol. The van der Waals surface area contributed by atoms with Crippen LogP contribution < -0.4 is 0 Å². The molecule has 0 amide bonds. The van der Waals surface area contributed by atoms with E-state index < -0.39 is 5.41 Å². The standard InChI is InChI=1S/C14H16N2/c1-2-9-14(12-16,10-6-11-15)13-7-4-3-5-8-13/h3-5,7-8H,2,6,9-10H2,1H3. The van der Waals surface area contributed by atoms with Crippen LogP contribution in [0.5, 0.6) is 0 Å². The molecule has 2 heteroatoms. The molecule has 0 fully saturated rings. The van der Waals surface area contributed by atoms with Crippen molar-refractivity contribution in [1.82, 2.24) is 0 Å². The van der Waals surface area contributed by atoms with E-state index in [-0.39, 0.29) is 0 Å². The molecule has 0 N–H and O–H groups in total. The zero-order valence-electron chi connectivity index (χ0n) is 9.61. The van der Waals surface area contributed by atoms with Crippen molar-refractivity contribution < 1.29 is 0 Å². The van der Waals surface area contributed by atoms with Crippen LogP contribution >= 0.6 is 0 Å². The van der Waals surface area contributed by atoms with Crippen LogP contribution in [-0.2, 0) is 5.41 Å². The van der Waals surface area contributed by atoms with E-state index in [4.69, 9.17) is 5.26 Å². The lowest BCUT2D eigenvalue weighted by atomic mass is 9.75. The molecule has 1 unspecified atom stereocenters. The quantitative estimate of drug-likeness (QED) is 0.749. The van der Waals surface area contributed by atoms with E-state index in [9.17, 15) is 5.26 Å². The Labute approximate surface area is 97.1 Å². The highest BCUT2D eigenvalue weighted by atomic mass is 14.4. The van der Waals surface area contributed by atoms with Crippen molar-refractivity contribution in [3.63, 3.8) is 0 Å². The third-order valence-corrected chi connectivity index (χ3v) is 2.88. The molecule has 0 radical (unpaired) electrons. The van der Waals surface area contributed by atoms with Crippen molar-refractivity contribution in [2.45, 2.75) is 38.0 Å². The SMILES string of the molecule is CCCC(C#N)(CCC#N)c1ccccc1. The Kier molecular flexibility index (Phi) is 4.55. The maximum atomic E-state index is 9.43. The second-order valence-corrected chi connectivity index (χ2v) is 3.97. The third kappa shape index (κ3) is 2.61. The largest absolute Gasteiger partial charge is 0.198 e.